The summed E-state index contributed by atoms with van der Waals surface area (Å²) in [5.74, 6) is 0.104. The van der Waals surface area contributed by atoms with Crippen LogP contribution >= 0.6 is 0 Å². The van der Waals surface area contributed by atoms with Crippen molar-refractivity contribution in [3.63, 3.8) is 0 Å². The van der Waals surface area contributed by atoms with Crippen LogP contribution in [0.3, 0.4) is 0 Å². The molecule has 1 fully saturated rings. The minimum Gasteiger partial charge on any atom is -0.497 e. The van der Waals surface area contributed by atoms with E-state index in [0.717, 1.165) is 24.8 Å². The predicted molar refractivity (Wildman–Crippen MR) is 105 cm³/mol. The number of carbonyl (C=O) groups is 2. The molecule has 3 rings (SSSR count). The van der Waals surface area contributed by atoms with Crippen LogP contribution in [0.5, 0.6) is 5.75 Å². The molecule has 5 nitrogen and oxygen atoms in total. The molecule has 28 heavy (non-hydrogen) atoms. The Balaban J connectivity index is 1.51. The van der Waals surface area contributed by atoms with E-state index in [1.165, 1.54) is 12.1 Å². The molecule has 1 aliphatic rings. The molecular weight excluding hydrogens is 359 g/mol. The average Bonchev–Trinajstić information content (AvgIpc) is 2.70. The number of carbonyl (C=O) groups excluding carboxylic acids is 2. The van der Waals surface area contributed by atoms with E-state index in [4.69, 9.17) is 4.74 Å². The van der Waals surface area contributed by atoms with Gasteiger partial charge in [0.25, 0.3) is 5.91 Å². The maximum absolute atomic E-state index is 13.0. The van der Waals surface area contributed by atoms with Crippen LogP contribution in [0.1, 0.15) is 41.6 Å². The summed E-state index contributed by atoms with van der Waals surface area (Å²) in [5, 5.41) is 6.10. The minimum absolute atomic E-state index is 0.0172. The van der Waals surface area contributed by atoms with Crippen LogP contribution in [0.25, 0.3) is 0 Å². The van der Waals surface area contributed by atoms with Gasteiger partial charge in [0.1, 0.15) is 11.6 Å². The molecule has 0 aromatic heterocycles. The lowest BCUT2D eigenvalue weighted by molar-refractivity contribution is -0.121. The third-order valence-electron chi connectivity index (χ3n) is 4.98. The average molecular weight is 384 g/mol. The lowest BCUT2D eigenvalue weighted by Gasteiger charge is -2.30. The molecule has 0 bridgehead atoms. The number of methoxy groups -OCH3 is 1. The lowest BCUT2D eigenvalue weighted by atomic mass is 9.90. The van der Waals surface area contributed by atoms with Crippen molar-refractivity contribution >= 4 is 11.8 Å². The third kappa shape index (κ3) is 5.55. The summed E-state index contributed by atoms with van der Waals surface area (Å²) in [6.45, 7) is 0. The highest BCUT2D eigenvalue weighted by molar-refractivity contribution is 5.94. The molecule has 1 saturated carbocycles. The number of hydrogen-bond acceptors (Lipinski definition) is 3. The van der Waals surface area contributed by atoms with Gasteiger partial charge in [-0.05, 0) is 61.6 Å². The van der Waals surface area contributed by atoms with Crippen LogP contribution in [-0.2, 0) is 11.2 Å². The van der Waals surface area contributed by atoms with Gasteiger partial charge in [0.2, 0.25) is 5.91 Å². The van der Waals surface area contributed by atoms with Crippen molar-refractivity contribution in [2.45, 2.75) is 44.2 Å². The summed E-state index contributed by atoms with van der Waals surface area (Å²) in [6, 6.07) is 13.0. The summed E-state index contributed by atoms with van der Waals surface area (Å²) in [4.78, 5) is 24.8. The fourth-order valence-electron chi connectivity index (χ4n) is 3.55. The van der Waals surface area contributed by atoms with Crippen LogP contribution < -0.4 is 15.4 Å². The van der Waals surface area contributed by atoms with Gasteiger partial charge in [-0.15, -0.1) is 0 Å². The number of rotatable bonds is 6. The molecule has 2 atom stereocenters. The molecule has 0 aliphatic heterocycles. The molecule has 1 aliphatic carbocycles. The van der Waals surface area contributed by atoms with Gasteiger partial charge in [-0.25, -0.2) is 4.39 Å². The van der Waals surface area contributed by atoms with Gasteiger partial charge in [0, 0.05) is 17.6 Å². The van der Waals surface area contributed by atoms with E-state index in [9.17, 15) is 14.0 Å². The van der Waals surface area contributed by atoms with Gasteiger partial charge in [0.15, 0.2) is 0 Å². The second-order valence-electron chi connectivity index (χ2n) is 7.14. The molecule has 0 radical (unpaired) electrons. The maximum atomic E-state index is 13.0. The standard InChI is InChI=1S/C22H25FN2O3/c1-28-20-7-2-4-16(13-20)22(27)25-19-6-3-5-18(14-19)24-21(26)12-15-8-10-17(23)11-9-15/h2,4,7-11,13,18-19H,3,5-6,12,14H2,1H3,(H,24,26)(H,25,27)/t18-,19-/m1/s1. The van der Waals surface area contributed by atoms with Crippen molar-refractivity contribution in [1.29, 1.82) is 0 Å². The van der Waals surface area contributed by atoms with Gasteiger partial charge in [-0.3, -0.25) is 9.59 Å². The van der Waals surface area contributed by atoms with E-state index in [2.05, 4.69) is 10.6 Å². The first-order valence-corrected chi connectivity index (χ1v) is 9.52. The summed E-state index contributed by atoms with van der Waals surface area (Å²) in [5.41, 5.74) is 1.33. The van der Waals surface area contributed by atoms with Crippen LogP contribution in [0.15, 0.2) is 48.5 Å². The fraction of sp³-hybridized carbons (Fsp3) is 0.364. The zero-order valence-corrected chi connectivity index (χ0v) is 15.9. The van der Waals surface area contributed by atoms with E-state index < -0.39 is 0 Å². The van der Waals surface area contributed by atoms with Crippen molar-refractivity contribution in [2.75, 3.05) is 7.11 Å². The zero-order chi connectivity index (χ0) is 19.9. The number of hydrogen-bond donors (Lipinski definition) is 2. The summed E-state index contributed by atoms with van der Waals surface area (Å²) >= 11 is 0. The van der Waals surface area contributed by atoms with Crippen LogP contribution in [0.2, 0.25) is 0 Å². The number of amides is 2. The largest absolute Gasteiger partial charge is 0.497 e. The van der Waals surface area contributed by atoms with Gasteiger partial charge < -0.3 is 15.4 Å². The minimum atomic E-state index is -0.314. The summed E-state index contributed by atoms with van der Waals surface area (Å²) in [6.07, 6.45) is 3.63. The Kier molecular flexibility index (Phi) is 6.63. The molecule has 2 aromatic rings. The van der Waals surface area contributed by atoms with E-state index in [1.807, 2.05) is 0 Å². The van der Waals surface area contributed by atoms with Gasteiger partial charge in [-0.1, -0.05) is 18.2 Å². The normalized spacial score (nSPS) is 18.9. The Hall–Kier alpha value is -2.89. The molecule has 2 amide bonds. The first-order valence-electron chi connectivity index (χ1n) is 9.52. The summed E-state index contributed by atoms with van der Waals surface area (Å²) < 4.78 is 18.1. The first kappa shape index (κ1) is 19.9. The Bertz CT molecular complexity index is 823. The summed E-state index contributed by atoms with van der Waals surface area (Å²) in [7, 11) is 1.57. The fourth-order valence-corrected chi connectivity index (χ4v) is 3.55. The zero-order valence-electron chi connectivity index (χ0n) is 15.9. The Labute approximate surface area is 164 Å². The maximum Gasteiger partial charge on any atom is 0.251 e. The van der Waals surface area contributed by atoms with E-state index in [0.29, 0.717) is 17.7 Å². The predicted octanol–water partition coefficient (Wildman–Crippen LogP) is 3.23. The van der Waals surface area contributed by atoms with Crippen LogP contribution in [-0.4, -0.2) is 31.0 Å². The second-order valence-corrected chi connectivity index (χ2v) is 7.14. The third-order valence-corrected chi connectivity index (χ3v) is 4.98. The van der Waals surface area contributed by atoms with Crippen molar-refractivity contribution in [2.24, 2.45) is 0 Å². The lowest BCUT2D eigenvalue weighted by Crippen LogP contribution is -2.46. The van der Waals surface area contributed by atoms with Crippen molar-refractivity contribution < 1.29 is 18.7 Å². The van der Waals surface area contributed by atoms with Gasteiger partial charge in [-0.2, -0.15) is 0 Å². The number of nitrogens with one attached hydrogen (secondary N) is 2. The number of ether oxygens (including phenoxy) is 1. The number of benzene rings is 2. The molecule has 2 aromatic carbocycles. The SMILES string of the molecule is COc1cccc(C(=O)N[C@@H]2CCC[C@@H](NC(=O)Cc3ccc(F)cc3)C2)c1. The molecule has 6 heteroatoms. The van der Waals surface area contributed by atoms with Gasteiger partial charge in [0.05, 0.1) is 13.5 Å². The Morgan fingerprint density at radius 3 is 2.50 bits per heavy atom. The molecule has 0 unspecified atom stereocenters. The molecule has 2 N–H and O–H groups in total. The topological polar surface area (TPSA) is 67.4 Å². The van der Waals surface area contributed by atoms with Crippen molar-refractivity contribution in [1.82, 2.24) is 10.6 Å². The molecule has 0 heterocycles. The van der Waals surface area contributed by atoms with E-state index >= 15 is 0 Å². The van der Waals surface area contributed by atoms with E-state index in [-0.39, 0.29) is 36.1 Å². The smallest absolute Gasteiger partial charge is 0.251 e. The molecule has 148 valence electrons. The van der Waals surface area contributed by atoms with Crippen LogP contribution in [0.4, 0.5) is 4.39 Å². The van der Waals surface area contributed by atoms with E-state index in [1.54, 1.807) is 43.5 Å². The number of halogens is 1. The molecule has 0 saturated heterocycles. The monoisotopic (exact) mass is 384 g/mol. The van der Waals surface area contributed by atoms with Crippen molar-refractivity contribution in [3.05, 3.63) is 65.5 Å². The van der Waals surface area contributed by atoms with Gasteiger partial charge >= 0.3 is 0 Å². The Morgan fingerprint density at radius 2 is 1.79 bits per heavy atom. The molecular formula is C22H25FN2O3. The first-order chi connectivity index (χ1) is 13.5. The van der Waals surface area contributed by atoms with Crippen LogP contribution in [0, 0.1) is 5.82 Å². The molecule has 0 spiro atoms. The highest BCUT2D eigenvalue weighted by Crippen LogP contribution is 2.20. The van der Waals surface area contributed by atoms with Crippen molar-refractivity contribution in [3.8, 4) is 5.75 Å². The highest BCUT2D eigenvalue weighted by atomic mass is 19.1. The second kappa shape index (κ2) is 9.35. The quantitative estimate of drug-likeness (QED) is 0.804. The Morgan fingerprint density at radius 1 is 1.07 bits per heavy atom. The highest BCUT2D eigenvalue weighted by Gasteiger charge is 2.25.